The number of hydrogen-bond donors (Lipinski definition) is 6. The molecule has 1 aliphatic rings. The zero-order valence-electron chi connectivity index (χ0n) is 10.8. The molecular weight excluding hydrogens is 327 g/mol. The van der Waals surface area contributed by atoms with Gasteiger partial charge in [-0.3, -0.25) is 14.3 Å². The summed E-state index contributed by atoms with van der Waals surface area (Å²) in [5, 5.41) is 29.2. The van der Waals surface area contributed by atoms with Crippen molar-refractivity contribution in [2.24, 2.45) is 0 Å². The van der Waals surface area contributed by atoms with Crippen molar-refractivity contribution in [2.45, 2.75) is 24.5 Å². The van der Waals surface area contributed by atoms with Gasteiger partial charge in [-0.2, -0.15) is 0 Å². The molecule has 1 aromatic heterocycles. The average Bonchev–Trinajstić information content (AvgIpc) is 2.63. The number of aliphatic hydroxyl groups excluding tert-OH is 2. The smallest absolute Gasteiger partial charge is 0.469 e. The molecule has 2 rings (SSSR count). The molecule has 124 valence electrons. The third-order valence-corrected chi connectivity index (χ3v) is 3.44. The number of aromatic nitrogens is 2. The van der Waals surface area contributed by atoms with Gasteiger partial charge in [-0.25, -0.2) is 13.9 Å². The highest BCUT2D eigenvalue weighted by molar-refractivity contribution is 7.46. The molecule has 12 nitrogen and oxygen atoms in total. The molecule has 4 atom stereocenters. The van der Waals surface area contributed by atoms with E-state index in [1.807, 2.05) is 4.98 Å². The number of aromatic hydroxyl groups is 1. The molecule has 1 fully saturated rings. The Morgan fingerprint density at radius 1 is 1.32 bits per heavy atom. The first kappa shape index (κ1) is 16.8. The van der Waals surface area contributed by atoms with Crippen molar-refractivity contribution in [3.63, 3.8) is 0 Å². The molecule has 0 amide bonds. The van der Waals surface area contributed by atoms with Crippen molar-refractivity contribution in [2.75, 3.05) is 6.61 Å². The van der Waals surface area contributed by atoms with E-state index >= 15 is 0 Å². The summed E-state index contributed by atoms with van der Waals surface area (Å²) in [4.78, 5) is 41.7. The van der Waals surface area contributed by atoms with E-state index in [0.717, 1.165) is 0 Å². The van der Waals surface area contributed by atoms with Crippen molar-refractivity contribution in [3.05, 3.63) is 26.9 Å². The van der Waals surface area contributed by atoms with Crippen molar-refractivity contribution >= 4 is 7.82 Å². The lowest BCUT2D eigenvalue weighted by atomic mass is 10.1. The first-order valence-electron chi connectivity index (χ1n) is 5.86. The maximum atomic E-state index is 11.6. The third kappa shape index (κ3) is 3.44. The number of aliphatic hydroxyl groups is 2. The first-order chi connectivity index (χ1) is 10.1. The third-order valence-electron chi connectivity index (χ3n) is 2.95. The summed E-state index contributed by atoms with van der Waals surface area (Å²) in [7, 11) is -4.82. The van der Waals surface area contributed by atoms with E-state index in [0.29, 0.717) is 10.6 Å². The van der Waals surface area contributed by atoms with E-state index in [9.17, 15) is 29.5 Å². The van der Waals surface area contributed by atoms with Crippen LogP contribution in [0.25, 0.3) is 0 Å². The Labute approximate surface area is 121 Å². The topological polar surface area (TPSA) is 192 Å². The molecule has 1 aliphatic heterocycles. The van der Waals surface area contributed by atoms with Gasteiger partial charge in [0.15, 0.2) is 6.23 Å². The van der Waals surface area contributed by atoms with Gasteiger partial charge >= 0.3 is 13.5 Å². The number of aromatic amines is 1. The van der Waals surface area contributed by atoms with Crippen LogP contribution in [0.1, 0.15) is 6.23 Å². The molecule has 0 bridgehead atoms. The standard InChI is InChI=1S/C9H13N2O10P/c12-4-1-5(13)11(9(16)10-4)8-7(15)6(14)3(21-8)2-20-22(17,18)19/h1,3,6-8,13-15H,2H2,(H,10,12,16)(H2,17,18,19)/t3-,6-,7-,8?/m1/s1. The molecule has 0 aromatic carbocycles. The Kier molecular flexibility index (Phi) is 4.54. The van der Waals surface area contributed by atoms with Crippen LogP contribution in [0, 0.1) is 0 Å². The van der Waals surface area contributed by atoms with Crippen LogP contribution in [-0.4, -0.2) is 59.6 Å². The number of phosphoric acid groups is 1. The minimum atomic E-state index is -4.82. The molecular formula is C9H13N2O10P. The molecule has 2 heterocycles. The summed E-state index contributed by atoms with van der Waals surface area (Å²) in [6.45, 7) is -0.766. The highest BCUT2D eigenvalue weighted by Gasteiger charge is 2.45. The highest BCUT2D eigenvalue weighted by Crippen LogP contribution is 2.38. The van der Waals surface area contributed by atoms with Gasteiger partial charge in [-0.1, -0.05) is 0 Å². The maximum Gasteiger partial charge on any atom is 0.469 e. The van der Waals surface area contributed by atoms with Gasteiger partial charge in [-0.05, 0) is 0 Å². The fourth-order valence-corrected chi connectivity index (χ4v) is 2.33. The van der Waals surface area contributed by atoms with Crippen molar-refractivity contribution < 1.29 is 38.9 Å². The number of nitrogens with one attached hydrogen (secondary N) is 1. The minimum absolute atomic E-state index is 0.479. The lowest BCUT2D eigenvalue weighted by molar-refractivity contribution is -0.0571. The molecule has 22 heavy (non-hydrogen) atoms. The molecule has 0 aliphatic carbocycles. The second kappa shape index (κ2) is 5.93. The van der Waals surface area contributed by atoms with Crippen LogP contribution in [0.5, 0.6) is 5.88 Å². The van der Waals surface area contributed by atoms with Crippen molar-refractivity contribution in [3.8, 4) is 5.88 Å². The highest BCUT2D eigenvalue weighted by atomic mass is 31.2. The Balaban J connectivity index is 2.26. The lowest BCUT2D eigenvalue weighted by Gasteiger charge is -2.18. The van der Waals surface area contributed by atoms with Crippen LogP contribution in [0.4, 0.5) is 0 Å². The van der Waals surface area contributed by atoms with Crippen molar-refractivity contribution in [1.82, 2.24) is 9.55 Å². The monoisotopic (exact) mass is 340 g/mol. The second-order valence-electron chi connectivity index (χ2n) is 4.50. The summed E-state index contributed by atoms with van der Waals surface area (Å²) in [5.41, 5.74) is -1.98. The van der Waals surface area contributed by atoms with Crippen LogP contribution >= 0.6 is 7.82 Å². The number of ether oxygens (including phenoxy) is 1. The summed E-state index contributed by atoms with van der Waals surface area (Å²) < 4.78 is 20.3. The fourth-order valence-electron chi connectivity index (χ4n) is 1.99. The van der Waals surface area contributed by atoms with Crippen LogP contribution in [-0.2, 0) is 13.8 Å². The molecule has 0 spiro atoms. The molecule has 0 saturated carbocycles. The zero-order chi connectivity index (χ0) is 16.7. The van der Waals surface area contributed by atoms with Gasteiger partial charge in [0.05, 0.1) is 12.7 Å². The van der Waals surface area contributed by atoms with E-state index in [1.165, 1.54) is 0 Å². The van der Waals surface area contributed by atoms with Gasteiger partial charge in [0.1, 0.15) is 18.3 Å². The Morgan fingerprint density at radius 2 is 1.95 bits per heavy atom. The van der Waals surface area contributed by atoms with E-state index in [2.05, 4.69) is 4.52 Å². The predicted molar refractivity (Wildman–Crippen MR) is 66.9 cm³/mol. The molecule has 6 N–H and O–H groups in total. The Bertz CT molecular complexity index is 707. The summed E-state index contributed by atoms with van der Waals surface area (Å²) >= 11 is 0. The number of H-pyrrole nitrogens is 1. The molecule has 1 unspecified atom stereocenters. The molecule has 1 aromatic rings. The molecule has 1 saturated heterocycles. The summed E-state index contributed by atoms with van der Waals surface area (Å²) in [5.74, 6) is -0.818. The largest absolute Gasteiger partial charge is 0.494 e. The number of hydrogen-bond acceptors (Lipinski definition) is 8. The summed E-state index contributed by atoms with van der Waals surface area (Å²) in [6.07, 6.45) is -6.30. The normalized spacial score (nSPS) is 28.9. The van der Waals surface area contributed by atoms with Gasteiger partial charge in [0, 0.05) is 0 Å². The predicted octanol–water partition coefficient (Wildman–Crippen LogP) is -3.03. The van der Waals surface area contributed by atoms with Gasteiger partial charge in [0.25, 0.3) is 5.56 Å². The summed E-state index contributed by atoms with van der Waals surface area (Å²) in [6, 6.07) is 0.656. The van der Waals surface area contributed by atoms with Crippen LogP contribution < -0.4 is 11.2 Å². The second-order valence-corrected chi connectivity index (χ2v) is 5.74. The number of nitrogens with zero attached hydrogens (tertiary/aromatic N) is 1. The fraction of sp³-hybridized carbons (Fsp3) is 0.556. The van der Waals surface area contributed by atoms with Crippen LogP contribution in [0.15, 0.2) is 15.7 Å². The van der Waals surface area contributed by atoms with Crippen LogP contribution in [0.2, 0.25) is 0 Å². The maximum absolute atomic E-state index is 11.6. The Hall–Kier alpha value is -1.53. The van der Waals surface area contributed by atoms with E-state index in [4.69, 9.17) is 14.5 Å². The Morgan fingerprint density at radius 3 is 2.50 bits per heavy atom. The average molecular weight is 340 g/mol. The van der Waals surface area contributed by atoms with Crippen molar-refractivity contribution in [1.29, 1.82) is 0 Å². The zero-order valence-corrected chi connectivity index (χ0v) is 11.7. The van der Waals surface area contributed by atoms with E-state index in [1.54, 1.807) is 0 Å². The SMILES string of the molecule is O=c1cc(O)n(C2O[C@H](COP(=O)(O)O)[C@@H](O)[C@H]2O)c(=O)[nH]1. The van der Waals surface area contributed by atoms with Gasteiger partial charge in [-0.15, -0.1) is 0 Å². The number of rotatable bonds is 4. The number of phosphoric ester groups is 1. The quantitative estimate of drug-likeness (QED) is 0.307. The lowest BCUT2D eigenvalue weighted by Crippen LogP contribution is -2.37. The van der Waals surface area contributed by atoms with Crippen LogP contribution in [0.3, 0.4) is 0 Å². The van der Waals surface area contributed by atoms with Gasteiger partial charge in [0.2, 0.25) is 5.88 Å². The molecule has 0 radical (unpaired) electrons. The molecule has 13 heteroatoms. The van der Waals surface area contributed by atoms with Gasteiger partial charge < -0.3 is 29.8 Å². The minimum Gasteiger partial charge on any atom is -0.494 e. The van der Waals surface area contributed by atoms with E-state index < -0.39 is 56.1 Å². The van der Waals surface area contributed by atoms with E-state index in [-0.39, 0.29) is 0 Å². The first-order valence-corrected chi connectivity index (χ1v) is 7.39.